The van der Waals surface area contributed by atoms with Gasteiger partial charge in [0.05, 0.1) is 16.7 Å². The summed E-state index contributed by atoms with van der Waals surface area (Å²) in [5, 5.41) is 13.2. The van der Waals surface area contributed by atoms with Crippen molar-refractivity contribution in [3.8, 4) is 0 Å². The third-order valence-electron chi connectivity index (χ3n) is 2.96. The topological polar surface area (TPSA) is 102 Å². The molecule has 0 bridgehead atoms. The Balaban J connectivity index is 2.14. The average molecular weight is 341 g/mol. The SMILES string of the molecule is CC[C@@H](NS(=O)(=O)Cc1cccc([N+](=O)[O-])c1)c1nccs1. The van der Waals surface area contributed by atoms with Crippen LogP contribution in [0.2, 0.25) is 0 Å². The van der Waals surface area contributed by atoms with Crippen LogP contribution in [0.1, 0.15) is 30.0 Å². The lowest BCUT2D eigenvalue weighted by Gasteiger charge is -2.14. The molecule has 2 aromatic rings. The van der Waals surface area contributed by atoms with Gasteiger partial charge in [-0.1, -0.05) is 19.1 Å². The maximum atomic E-state index is 12.2. The third kappa shape index (κ3) is 4.33. The van der Waals surface area contributed by atoms with E-state index >= 15 is 0 Å². The van der Waals surface area contributed by atoms with Gasteiger partial charge in [-0.15, -0.1) is 11.3 Å². The van der Waals surface area contributed by atoms with E-state index in [0.717, 1.165) is 0 Å². The van der Waals surface area contributed by atoms with Crippen molar-refractivity contribution in [2.45, 2.75) is 25.1 Å². The zero-order valence-electron chi connectivity index (χ0n) is 11.8. The maximum absolute atomic E-state index is 12.2. The molecule has 0 spiro atoms. The molecule has 1 N–H and O–H groups in total. The summed E-state index contributed by atoms with van der Waals surface area (Å²) in [7, 11) is -3.62. The Hall–Kier alpha value is -1.84. The van der Waals surface area contributed by atoms with Crippen molar-refractivity contribution in [2.24, 2.45) is 0 Å². The summed E-state index contributed by atoms with van der Waals surface area (Å²) in [6.07, 6.45) is 2.19. The van der Waals surface area contributed by atoms with Crippen molar-refractivity contribution in [3.63, 3.8) is 0 Å². The normalized spacial score (nSPS) is 13.0. The molecule has 2 rings (SSSR count). The number of nitrogens with one attached hydrogen (secondary N) is 1. The fourth-order valence-corrected chi connectivity index (χ4v) is 4.21. The molecule has 0 aliphatic rings. The molecule has 0 amide bonds. The Labute approximate surface area is 132 Å². The van der Waals surface area contributed by atoms with E-state index in [1.807, 2.05) is 6.92 Å². The number of non-ortho nitro benzene ring substituents is 1. The molecule has 7 nitrogen and oxygen atoms in total. The van der Waals surface area contributed by atoms with Gasteiger partial charge in [0.1, 0.15) is 5.01 Å². The molecule has 0 aliphatic carbocycles. The Kier molecular flexibility index (Phi) is 5.22. The van der Waals surface area contributed by atoms with Gasteiger partial charge in [-0.25, -0.2) is 18.1 Å². The van der Waals surface area contributed by atoms with Gasteiger partial charge in [0.15, 0.2) is 0 Å². The number of hydrogen-bond donors (Lipinski definition) is 1. The second-order valence-corrected chi connectivity index (χ2v) is 7.32. The van der Waals surface area contributed by atoms with Crippen LogP contribution in [0, 0.1) is 10.1 Å². The predicted molar refractivity (Wildman–Crippen MR) is 84.0 cm³/mol. The van der Waals surface area contributed by atoms with Crippen molar-refractivity contribution in [3.05, 3.63) is 56.5 Å². The van der Waals surface area contributed by atoms with E-state index in [2.05, 4.69) is 9.71 Å². The number of nitro groups is 1. The van der Waals surface area contributed by atoms with E-state index in [4.69, 9.17) is 0 Å². The fourth-order valence-electron chi connectivity index (χ4n) is 1.95. The summed E-state index contributed by atoms with van der Waals surface area (Å²) in [4.78, 5) is 14.3. The molecular weight excluding hydrogens is 326 g/mol. The van der Waals surface area contributed by atoms with Crippen LogP contribution in [0.3, 0.4) is 0 Å². The first-order valence-electron chi connectivity index (χ1n) is 6.54. The molecule has 0 unspecified atom stereocenters. The van der Waals surface area contributed by atoms with Crippen LogP contribution in [0.25, 0.3) is 0 Å². The first-order chi connectivity index (χ1) is 10.4. The second kappa shape index (κ2) is 6.95. The second-order valence-electron chi connectivity index (χ2n) is 4.64. The number of rotatable bonds is 7. The van der Waals surface area contributed by atoms with Crippen LogP contribution in [0.4, 0.5) is 5.69 Å². The fraction of sp³-hybridized carbons (Fsp3) is 0.308. The molecule has 22 heavy (non-hydrogen) atoms. The molecule has 1 atom stereocenters. The smallest absolute Gasteiger partial charge is 0.258 e. The van der Waals surface area contributed by atoms with Gasteiger partial charge < -0.3 is 0 Å². The van der Waals surface area contributed by atoms with E-state index in [0.29, 0.717) is 17.0 Å². The molecule has 1 heterocycles. The van der Waals surface area contributed by atoms with Crippen molar-refractivity contribution in [1.82, 2.24) is 9.71 Å². The quantitative estimate of drug-likeness (QED) is 0.616. The minimum atomic E-state index is -3.62. The largest absolute Gasteiger partial charge is 0.269 e. The molecule has 0 radical (unpaired) electrons. The summed E-state index contributed by atoms with van der Waals surface area (Å²) in [5.74, 6) is -0.309. The lowest BCUT2D eigenvalue weighted by atomic mass is 10.2. The lowest BCUT2D eigenvalue weighted by molar-refractivity contribution is -0.384. The highest BCUT2D eigenvalue weighted by atomic mass is 32.2. The van der Waals surface area contributed by atoms with Gasteiger partial charge in [0.2, 0.25) is 10.0 Å². The van der Waals surface area contributed by atoms with Gasteiger partial charge in [-0.05, 0) is 12.0 Å². The van der Waals surface area contributed by atoms with E-state index in [1.54, 1.807) is 17.6 Å². The summed E-state index contributed by atoms with van der Waals surface area (Å²) in [5.41, 5.74) is 0.246. The first kappa shape index (κ1) is 16.5. The third-order valence-corrected chi connectivity index (χ3v) is 5.20. The lowest BCUT2D eigenvalue weighted by Crippen LogP contribution is -2.29. The zero-order valence-corrected chi connectivity index (χ0v) is 13.4. The van der Waals surface area contributed by atoms with Gasteiger partial charge >= 0.3 is 0 Å². The highest BCUT2D eigenvalue weighted by molar-refractivity contribution is 7.88. The number of nitro benzene ring substituents is 1. The van der Waals surface area contributed by atoms with Crippen LogP contribution in [0.5, 0.6) is 0 Å². The zero-order chi connectivity index (χ0) is 16.2. The summed E-state index contributed by atoms with van der Waals surface area (Å²) >= 11 is 1.38. The number of benzene rings is 1. The van der Waals surface area contributed by atoms with Crippen molar-refractivity contribution in [1.29, 1.82) is 0 Å². The van der Waals surface area contributed by atoms with E-state index in [-0.39, 0.29) is 17.5 Å². The number of thiazole rings is 1. The molecule has 0 aliphatic heterocycles. The molecule has 0 saturated carbocycles. The minimum Gasteiger partial charge on any atom is -0.258 e. The summed E-state index contributed by atoms with van der Waals surface area (Å²) in [6.45, 7) is 1.86. The Morgan fingerprint density at radius 1 is 1.45 bits per heavy atom. The number of sulfonamides is 1. The maximum Gasteiger partial charge on any atom is 0.269 e. The van der Waals surface area contributed by atoms with Crippen molar-refractivity contribution >= 4 is 27.0 Å². The monoisotopic (exact) mass is 341 g/mol. The first-order valence-corrected chi connectivity index (χ1v) is 9.07. The minimum absolute atomic E-state index is 0.125. The van der Waals surface area contributed by atoms with Gasteiger partial charge in [0, 0.05) is 23.7 Å². The van der Waals surface area contributed by atoms with Crippen LogP contribution < -0.4 is 4.72 Å². The average Bonchev–Trinajstić information content (AvgIpc) is 2.98. The Bertz CT molecular complexity index is 744. The molecule has 1 aromatic heterocycles. The van der Waals surface area contributed by atoms with Gasteiger partial charge in [0.25, 0.3) is 5.69 Å². The van der Waals surface area contributed by atoms with Gasteiger partial charge in [-0.3, -0.25) is 10.1 Å². The number of nitrogens with zero attached hydrogens (tertiary/aromatic N) is 2. The number of aromatic nitrogens is 1. The Morgan fingerprint density at radius 2 is 2.23 bits per heavy atom. The highest BCUT2D eigenvalue weighted by Gasteiger charge is 2.21. The molecule has 9 heteroatoms. The summed E-state index contributed by atoms with van der Waals surface area (Å²) in [6, 6.07) is 5.23. The molecule has 118 valence electrons. The van der Waals surface area contributed by atoms with Crippen LogP contribution in [0.15, 0.2) is 35.8 Å². The standard InChI is InChI=1S/C13H15N3O4S2/c1-2-12(13-14-6-7-21-13)15-22(19,20)9-10-4-3-5-11(8-10)16(17)18/h3-8,12,15H,2,9H2,1H3/t12-/m1/s1. The van der Waals surface area contributed by atoms with Crippen LogP contribution in [-0.4, -0.2) is 18.3 Å². The van der Waals surface area contributed by atoms with Crippen LogP contribution >= 0.6 is 11.3 Å². The molecule has 0 fully saturated rings. The van der Waals surface area contributed by atoms with Gasteiger partial charge in [-0.2, -0.15) is 0 Å². The summed E-state index contributed by atoms with van der Waals surface area (Å²) < 4.78 is 27.1. The van der Waals surface area contributed by atoms with Crippen molar-refractivity contribution < 1.29 is 13.3 Å². The van der Waals surface area contributed by atoms with E-state index in [1.165, 1.54) is 29.5 Å². The van der Waals surface area contributed by atoms with E-state index < -0.39 is 14.9 Å². The predicted octanol–water partition coefficient (Wildman–Crippen LogP) is 2.62. The molecule has 0 saturated heterocycles. The van der Waals surface area contributed by atoms with Crippen molar-refractivity contribution in [2.75, 3.05) is 0 Å². The van der Waals surface area contributed by atoms with Crippen LogP contribution in [-0.2, 0) is 15.8 Å². The highest BCUT2D eigenvalue weighted by Crippen LogP contribution is 2.21. The number of hydrogen-bond acceptors (Lipinski definition) is 6. The molecule has 1 aromatic carbocycles. The van der Waals surface area contributed by atoms with E-state index in [9.17, 15) is 18.5 Å². The molecular formula is C13H15N3O4S2. The Morgan fingerprint density at radius 3 is 2.82 bits per heavy atom.